The van der Waals surface area contributed by atoms with Gasteiger partial charge < -0.3 is 0 Å². The van der Waals surface area contributed by atoms with Crippen LogP contribution < -0.4 is 0 Å². The van der Waals surface area contributed by atoms with Crippen LogP contribution in [-0.4, -0.2) is 10.8 Å². The fraction of sp³-hybridized carbons (Fsp3) is 0.385. The molecule has 0 N–H and O–H groups in total. The Hall–Kier alpha value is -0.930. The summed E-state index contributed by atoms with van der Waals surface area (Å²) in [6.07, 6.45) is 6.13. The molecule has 0 saturated heterocycles. The van der Waals surface area contributed by atoms with Crippen molar-refractivity contribution in [3.05, 3.63) is 42.0 Å². The summed E-state index contributed by atoms with van der Waals surface area (Å²) < 4.78 is 16.8. The lowest BCUT2D eigenvalue weighted by molar-refractivity contribution is 0.394. The number of rotatable bonds is 6. The number of aryl methyl sites for hydroxylation is 1. The summed E-state index contributed by atoms with van der Waals surface area (Å²) >= 11 is -1.35. The van der Waals surface area contributed by atoms with Gasteiger partial charge in [0.1, 0.15) is 0 Å². The zero-order chi connectivity index (χ0) is 11.8. The first kappa shape index (κ1) is 13.1. The highest BCUT2D eigenvalue weighted by atomic mass is 32.2. The molecule has 1 unspecified atom stereocenters. The molecule has 2 nitrogen and oxygen atoms in total. The number of unbranched alkanes of at least 4 members (excludes halogenated alkanes) is 1. The maximum atomic E-state index is 11.6. The normalized spacial score (nSPS) is 13.1. The molecule has 0 spiro atoms. The highest BCUT2D eigenvalue weighted by Crippen LogP contribution is 2.09. The first-order valence-corrected chi connectivity index (χ1v) is 6.58. The number of hydrogen-bond acceptors (Lipinski definition) is 2. The lowest BCUT2D eigenvalue weighted by Crippen LogP contribution is -1.97. The SMILES string of the molecule is CCC/C=C\COS(=O)c1ccc(C)cc1. The predicted octanol–water partition coefficient (Wildman–Crippen LogP) is 3.39. The Balaban J connectivity index is 2.38. The average molecular weight is 238 g/mol. The van der Waals surface area contributed by atoms with Gasteiger partial charge in [0.05, 0.1) is 11.5 Å². The first-order chi connectivity index (χ1) is 7.74. The lowest BCUT2D eigenvalue weighted by atomic mass is 10.2. The van der Waals surface area contributed by atoms with Gasteiger partial charge in [-0.1, -0.05) is 43.2 Å². The topological polar surface area (TPSA) is 26.3 Å². The van der Waals surface area contributed by atoms with E-state index in [9.17, 15) is 4.21 Å². The molecule has 0 saturated carbocycles. The van der Waals surface area contributed by atoms with E-state index >= 15 is 0 Å². The lowest BCUT2D eigenvalue weighted by Gasteiger charge is -2.01. The molecule has 0 aliphatic rings. The molecule has 16 heavy (non-hydrogen) atoms. The highest BCUT2D eigenvalue weighted by molar-refractivity contribution is 7.80. The van der Waals surface area contributed by atoms with Crippen molar-refractivity contribution in [2.45, 2.75) is 31.6 Å². The van der Waals surface area contributed by atoms with Crippen molar-refractivity contribution in [1.29, 1.82) is 0 Å². The van der Waals surface area contributed by atoms with E-state index < -0.39 is 11.1 Å². The van der Waals surface area contributed by atoms with Crippen molar-refractivity contribution in [2.75, 3.05) is 6.61 Å². The molecule has 1 aromatic carbocycles. The Kier molecular flexibility index (Phi) is 6.04. The zero-order valence-electron chi connectivity index (χ0n) is 9.81. The molecule has 0 aliphatic heterocycles. The number of benzene rings is 1. The van der Waals surface area contributed by atoms with Crippen LogP contribution in [0.15, 0.2) is 41.3 Å². The summed E-state index contributed by atoms with van der Waals surface area (Å²) in [4.78, 5) is 0.717. The Morgan fingerprint density at radius 3 is 2.56 bits per heavy atom. The fourth-order valence-corrected chi connectivity index (χ4v) is 1.87. The van der Waals surface area contributed by atoms with Gasteiger partial charge in [0.25, 0.3) is 0 Å². The molecule has 0 amide bonds. The van der Waals surface area contributed by atoms with E-state index in [1.807, 2.05) is 43.3 Å². The van der Waals surface area contributed by atoms with Crippen LogP contribution in [0.2, 0.25) is 0 Å². The third kappa shape index (κ3) is 4.73. The van der Waals surface area contributed by atoms with Gasteiger partial charge in [-0.25, -0.2) is 4.21 Å². The molecule has 0 aliphatic carbocycles. The largest absolute Gasteiger partial charge is 0.283 e. The molecule has 3 heteroatoms. The molecule has 0 aromatic heterocycles. The molecule has 88 valence electrons. The van der Waals surface area contributed by atoms with Crippen LogP contribution in [0.4, 0.5) is 0 Å². The zero-order valence-corrected chi connectivity index (χ0v) is 10.6. The minimum atomic E-state index is -1.35. The van der Waals surface area contributed by atoms with E-state index in [0.717, 1.165) is 23.3 Å². The van der Waals surface area contributed by atoms with Crippen molar-refractivity contribution in [1.82, 2.24) is 0 Å². The second-order valence-corrected chi connectivity index (χ2v) is 4.77. The standard InChI is InChI=1S/C13H18O2S/c1-3-4-5-6-11-15-16(14)13-9-7-12(2)8-10-13/h5-10H,3-4,11H2,1-2H3/b6-5-. The number of hydrogen-bond donors (Lipinski definition) is 0. The summed E-state index contributed by atoms with van der Waals surface area (Å²) in [5.74, 6) is 0. The Labute approximate surface area is 100.0 Å². The van der Waals surface area contributed by atoms with E-state index in [0.29, 0.717) is 6.61 Å². The van der Waals surface area contributed by atoms with Crippen molar-refractivity contribution in [3.8, 4) is 0 Å². The third-order valence-corrected chi connectivity index (χ3v) is 3.11. The van der Waals surface area contributed by atoms with Crippen molar-refractivity contribution in [3.63, 3.8) is 0 Å². The van der Waals surface area contributed by atoms with Crippen LogP contribution >= 0.6 is 0 Å². The summed E-state index contributed by atoms with van der Waals surface area (Å²) in [5, 5.41) is 0. The summed E-state index contributed by atoms with van der Waals surface area (Å²) in [7, 11) is 0. The van der Waals surface area contributed by atoms with Crippen LogP contribution in [0.1, 0.15) is 25.3 Å². The van der Waals surface area contributed by atoms with Gasteiger partial charge in [0, 0.05) is 0 Å². The van der Waals surface area contributed by atoms with E-state index in [-0.39, 0.29) is 0 Å². The summed E-state index contributed by atoms with van der Waals surface area (Å²) in [5.41, 5.74) is 1.16. The van der Waals surface area contributed by atoms with Crippen LogP contribution in [0, 0.1) is 6.92 Å². The van der Waals surface area contributed by atoms with Gasteiger partial charge in [0.2, 0.25) is 0 Å². The van der Waals surface area contributed by atoms with E-state index in [1.165, 1.54) is 0 Å². The summed E-state index contributed by atoms with van der Waals surface area (Å²) in [6, 6.07) is 7.54. The second kappa shape index (κ2) is 7.36. The van der Waals surface area contributed by atoms with Gasteiger partial charge in [-0.3, -0.25) is 4.18 Å². The molecule has 1 rings (SSSR count). The molecule has 1 atom stereocenters. The second-order valence-electron chi connectivity index (χ2n) is 3.59. The van der Waals surface area contributed by atoms with Gasteiger partial charge in [-0.2, -0.15) is 0 Å². The van der Waals surface area contributed by atoms with Crippen LogP contribution in [0.25, 0.3) is 0 Å². The Morgan fingerprint density at radius 1 is 1.25 bits per heavy atom. The minimum absolute atomic E-state index is 0.403. The third-order valence-electron chi connectivity index (χ3n) is 2.11. The molecular formula is C13H18O2S. The van der Waals surface area contributed by atoms with E-state index in [4.69, 9.17) is 4.18 Å². The van der Waals surface area contributed by atoms with Crippen LogP contribution in [0.3, 0.4) is 0 Å². The van der Waals surface area contributed by atoms with Crippen molar-refractivity contribution in [2.24, 2.45) is 0 Å². The Bertz CT molecular complexity index is 355. The monoisotopic (exact) mass is 238 g/mol. The average Bonchev–Trinajstić information content (AvgIpc) is 2.29. The molecule has 1 aromatic rings. The van der Waals surface area contributed by atoms with Crippen molar-refractivity contribution >= 4 is 11.1 Å². The Morgan fingerprint density at radius 2 is 1.94 bits per heavy atom. The van der Waals surface area contributed by atoms with Gasteiger partial charge >= 0.3 is 0 Å². The first-order valence-electron chi connectivity index (χ1n) is 5.50. The predicted molar refractivity (Wildman–Crippen MR) is 67.6 cm³/mol. The van der Waals surface area contributed by atoms with Crippen LogP contribution in [-0.2, 0) is 15.3 Å². The van der Waals surface area contributed by atoms with E-state index in [1.54, 1.807) is 0 Å². The van der Waals surface area contributed by atoms with Gasteiger partial charge in [0.15, 0.2) is 11.1 Å². The molecule has 0 fully saturated rings. The van der Waals surface area contributed by atoms with Gasteiger partial charge in [-0.15, -0.1) is 0 Å². The van der Waals surface area contributed by atoms with Gasteiger partial charge in [-0.05, 0) is 25.5 Å². The number of allylic oxidation sites excluding steroid dienone is 1. The maximum absolute atomic E-state index is 11.6. The smallest absolute Gasteiger partial charge is 0.189 e. The molecule has 0 heterocycles. The highest BCUT2D eigenvalue weighted by Gasteiger charge is 2.02. The maximum Gasteiger partial charge on any atom is 0.189 e. The molecule has 0 radical (unpaired) electrons. The van der Waals surface area contributed by atoms with E-state index in [2.05, 4.69) is 6.92 Å². The van der Waals surface area contributed by atoms with Crippen LogP contribution in [0.5, 0.6) is 0 Å². The minimum Gasteiger partial charge on any atom is -0.283 e. The quantitative estimate of drug-likeness (QED) is 0.710. The summed E-state index contributed by atoms with van der Waals surface area (Å²) in [6.45, 7) is 4.52. The van der Waals surface area contributed by atoms with Crippen molar-refractivity contribution < 1.29 is 8.39 Å². The molecular weight excluding hydrogens is 220 g/mol. The fourth-order valence-electron chi connectivity index (χ4n) is 1.17. The molecule has 0 bridgehead atoms.